The molecule has 2 aromatic rings. The number of benzene rings is 1. The average molecular weight is 435 g/mol. The van der Waals surface area contributed by atoms with Crippen molar-refractivity contribution in [2.45, 2.75) is 13.0 Å². The number of aliphatic hydroxyl groups excluding tert-OH is 1. The van der Waals surface area contributed by atoms with Crippen LogP contribution < -0.4 is 10.6 Å². The van der Waals surface area contributed by atoms with Crippen molar-refractivity contribution in [2.24, 2.45) is 0 Å². The molecular formula is C16H20ClIN2O2. The fourth-order valence-corrected chi connectivity index (χ4v) is 3.01. The summed E-state index contributed by atoms with van der Waals surface area (Å²) in [6, 6.07) is 9.85. The van der Waals surface area contributed by atoms with Gasteiger partial charge in [0.25, 0.3) is 0 Å². The number of hydrogen-bond acceptors (Lipinski definition) is 4. The van der Waals surface area contributed by atoms with Gasteiger partial charge in [-0.3, -0.25) is 0 Å². The molecule has 0 radical (unpaired) electrons. The zero-order valence-electron chi connectivity index (χ0n) is 12.2. The number of nitrogens with one attached hydrogen (secondary N) is 2. The summed E-state index contributed by atoms with van der Waals surface area (Å²) in [7, 11) is 0. The average Bonchev–Trinajstić information content (AvgIpc) is 2.95. The maximum absolute atomic E-state index is 8.65. The maximum atomic E-state index is 8.65. The van der Waals surface area contributed by atoms with Crippen molar-refractivity contribution in [1.29, 1.82) is 0 Å². The fraction of sp³-hybridized carbons (Fsp3) is 0.375. The zero-order valence-corrected chi connectivity index (χ0v) is 15.2. The quantitative estimate of drug-likeness (QED) is 0.419. The summed E-state index contributed by atoms with van der Waals surface area (Å²) in [4.78, 5) is 0. The number of aliphatic hydroxyl groups is 1. The van der Waals surface area contributed by atoms with E-state index in [-0.39, 0.29) is 6.61 Å². The summed E-state index contributed by atoms with van der Waals surface area (Å²) >= 11 is 8.49. The SMILES string of the molecule is OCCNCCCNCc1ccc(-c2ccc(I)cc2Cl)o1. The molecule has 0 atom stereocenters. The Morgan fingerprint density at radius 3 is 2.68 bits per heavy atom. The molecule has 6 heteroatoms. The van der Waals surface area contributed by atoms with E-state index in [0.717, 1.165) is 40.2 Å². The molecule has 2 rings (SSSR count). The molecule has 0 aliphatic rings. The van der Waals surface area contributed by atoms with Gasteiger partial charge < -0.3 is 20.2 Å². The van der Waals surface area contributed by atoms with Gasteiger partial charge in [-0.25, -0.2) is 0 Å². The summed E-state index contributed by atoms with van der Waals surface area (Å²) in [5.74, 6) is 1.69. The van der Waals surface area contributed by atoms with Gasteiger partial charge in [-0.1, -0.05) is 11.6 Å². The molecule has 3 N–H and O–H groups in total. The van der Waals surface area contributed by atoms with Gasteiger partial charge in [-0.15, -0.1) is 0 Å². The van der Waals surface area contributed by atoms with Crippen LogP contribution in [0, 0.1) is 3.57 Å². The molecule has 120 valence electrons. The van der Waals surface area contributed by atoms with E-state index >= 15 is 0 Å². The first kappa shape index (κ1) is 17.7. The summed E-state index contributed by atoms with van der Waals surface area (Å²) < 4.78 is 6.94. The highest BCUT2D eigenvalue weighted by atomic mass is 127. The van der Waals surface area contributed by atoms with Gasteiger partial charge in [-0.05, 0) is 72.4 Å². The van der Waals surface area contributed by atoms with Gasteiger partial charge >= 0.3 is 0 Å². The molecule has 0 fully saturated rings. The van der Waals surface area contributed by atoms with Gasteiger partial charge in [0.2, 0.25) is 0 Å². The summed E-state index contributed by atoms with van der Waals surface area (Å²) in [5.41, 5.74) is 0.918. The van der Waals surface area contributed by atoms with Crippen molar-refractivity contribution < 1.29 is 9.52 Å². The number of rotatable bonds is 9. The molecule has 22 heavy (non-hydrogen) atoms. The lowest BCUT2D eigenvalue weighted by molar-refractivity contribution is 0.292. The van der Waals surface area contributed by atoms with Crippen LogP contribution in [0.3, 0.4) is 0 Å². The molecule has 4 nitrogen and oxygen atoms in total. The Morgan fingerprint density at radius 2 is 1.91 bits per heavy atom. The van der Waals surface area contributed by atoms with E-state index in [9.17, 15) is 0 Å². The van der Waals surface area contributed by atoms with E-state index in [1.807, 2.05) is 30.3 Å². The van der Waals surface area contributed by atoms with Crippen molar-refractivity contribution in [3.63, 3.8) is 0 Å². The molecular weight excluding hydrogens is 415 g/mol. The van der Waals surface area contributed by atoms with Gasteiger partial charge in [0.1, 0.15) is 11.5 Å². The lowest BCUT2D eigenvalue weighted by Crippen LogP contribution is -2.23. The molecule has 0 amide bonds. The highest BCUT2D eigenvalue weighted by molar-refractivity contribution is 14.1. The highest BCUT2D eigenvalue weighted by Gasteiger charge is 2.08. The minimum absolute atomic E-state index is 0.184. The van der Waals surface area contributed by atoms with Crippen LogP contribution >= 0.6 is 34.2 Å². The van der Waals surface area contributed by atoms with E-state index in [1.165, 1.54) is 0 Å². The highest BCUT2D eigenvalue weighted by Crippen LogP contribution is 2.30. The van der Waals surface area contributed by atoms with Crippen LogP contribution in [0.15, 0.2) is 34.7 Å². The van der Waals surface area contributed by atoms with Crippen molar-refractivity contribution in [3.05, 3.63) is 44.7 Å². The summed E-state index contributed by atoms with van der Waals surface area (Å²) in [5, 5.41) is 15.8. The van der Waals surface area contributed by atoms with Crippen LogP contribution in [-0.4, -0.2) is 31.3 Å². The van der Waals surface area contributed by atoms with Crippen molar-refractivity contribution in [1.82, 2.24) is 10.6 Å². The van der Waals surface area contributed by atoms with Crippen molar-refractivity contribution >= 4 is 34.2 Å². The minimum Gasteiger partial charge on any atom is -0.460 e. The predicted molar refractivity (Wildman–Crippen MR) is 98.2 cm³/mol. The second-order valence-electron chi connectivity index (χ2n) is 4.89. The first-order valence-corrected chi connectivity index (χ1v) is 8.73. The Labute approximate surface area is 149 Å². The third kappa shape index (κ3) is 5.55. The fourth-order valence-electron chi connectivity index (χ4n) is 2.06. The predicted octanol–water partition coefficient (Wildman–Crippen LogP) is 3.27. The summed E-state index contributed by atoms with van der Waals surface area (Å²) in [6.45, 7) is 3.33. The van der Waals surface area contributed by atoms with Gasteiger partial charge in [0.05, 0.1) is 18.2 Å². The first-order valence-electron chi connectivity index (χ1n) is 7.27. The third-order valence-corrected chi connectivity index (χ3v) is 4.14. The molecule has 0 spiro atoms. The van der Waals surface area contributed by atoms with Crippen molar-refractivity contribution in [2.75, 3.05) is 26.2 Å². The van der Waals surface area contributed by atoms with Crippen LogP contribution in [0.5, 0.6) is 0 Å². The standard InChI is InChI=1S/C16H20ClIN2O2/c17-15-10-12(18)2-4-14(15)16-5-3-13(22-16)11-20-7-1-6-19-8-9-21/h2-5,10,19-21H,1,6-9,11H2. The topological polar surface area (TPSA) is 57.4 Å². The normalized spacial score (nSPS) is 11.0. The molecule has 1 aromatic heterocycles. The van der Waals surface area contributed by atoms with Crippen LogP contribution in [0.25, 0.3) is 11.3 Å². The van der Waals surface area contributed by atoms with E-state index < -0.39 is 0 Å². The molecule has 1 heterocycles. The molecule has 0 aliphatic heterocycles. The van der Waals surface area contributed by atoms with Gasteiger partial charge in [0, 0.05) is 15.7 Å². The van der Waals surface area contributed by atoms with E-state index in [4.69, 9.17) is 21.1 Å². The smallest absolute Gasteiger partial charge is 0.135 e. The Morgan fingerprint density at radius 1 is 1.09 bits per heavy atom. The number of hydrogen-bond donors (Lipinski definition) is 3. The molecule has 0 aliphatic carbocycles. The number of halogens is 2. The van der Waals surface area contributed by atoms with Gasteiger partial charge in [-0.2, -0.15) is 0 Å². The lowest BCUT2D eigenvalue weighted by Gasteiger charge is -2.04. The Balaban J connectivity index is 1.79. The van der Waals surface area contributed by atoms with Crippen LogP contribution in [0.2, 0.25) is 5.02 Å². The Hall–Kier alpha value is -0.600. The molecule has 1 aromatic carbocycles. The summed E-state index contributed by atoms with van der Waals surface area (Å²) in [6.07, 6.45) is 1.01. The number of furan rings is 1. The van der Waals surface area contributed by atoms with Crippen LogP contribution in [0.1, 0.15) is 12.2 Å². The molecule has 0 saturated carbocycles. The maximum Gasteiger partial charge on any atom is 0.135 e. The molecule has 0 unspecified atom stereocenters. The second-order valence-corrected chi connectivity index (χ2v) is 6.55. The largest absolute Gasteiger partial charge is 0.460 e. The van der Waals surface area contributed by atoms with Gasteiger partial charge in [0.15, 0.2) is 0 Å². The van der Waals surface area contributed by atoms with E-state index in [2.05, 4.69) is 33.2 Å². The molecule has 0 bridgehead atoms. The van der Waals surface area contributed by atoms with E-state index in [0.29, 0.717) is 18.1 Å². The Bertz CT molecular complexity index is 589. The van der Waals surface area contributed by atoms with Crippen LogP contribution in [-0.2, 0) is 6.54 Å². The Kier molecular flexibility index (Phi) is 7.68. The first-order chi connectivity index (χ1) is 10.7. The minimum atomic E-state index is 0.184. The second kappa shape index (κ2) is 9.52. The third-order valence-electron chi connectivity index (χ3n) is 3.15. The van der Waals surface area contributed by atoms with E-state index in [1.54, 1.807) is 0 Å². The monoisotopic (exact) mass is 434 g/mol. The lowest BCUT2D eigenvalue weighted by atomic mass is 10.2. The van der Waals surface area contributed by atoms with Crippen LogP contribution in [0.4, 0.5) is 0 Å². The molecule has 0 saturated heterocycles. The zero-order chi connectivity index (χ0) is 15.8. The van der Waals surface area contributed by atoms with Crippen molar-refractivity contribution in [3.8, 4) is 11.3 Å².